The van der Waals surface area contributed by atoms with Crippen molar-refractivity contribution in [3.8, 4) is 0 Å². The number of hydrogen-bond acceptors (Lipinski definition) is 2. The maximum Gasteiger partial charge on any atom is 0.0573 e. The van der Waals surface area contributed by atoms with Gasteiger partial charge in [-0.05, 0) is 18.2 Å². The van der Waals surface area contributed by atoms with E-state index in [1.54, 1.807) is 18.6 Å². The molecule has 0 bridgehead atoms. The first-order valence-electron chi connectivity index (χ1n) is 3.50. The fourth-order valence-corrected chi connectivity index (χ4v) is 0.617. The number of rotatable bonds is 0. The van der Waals surface area contributed by atoms with Crippen molar-refractivity contribution in [1.29, 1.82) is 0 Å². The molecule has 2 nitrogen and oxygen atoms in total. The lowest BCUT2D eigenvalue weighted by molar-refractivity contribution is 1.29. The molecule has 0 atom stereocenters. The molecule has 2 heterocycles. The van der Waals surface area contributed by atoms with Crippen LogP contribution in [0.15, 0.2) is 47.7 Å². The summed E-state index contributed by atoms with van der Waals surface area (Å²) in [4.78, 5) is 7.63. The van der Waals surface area contributed by atoms with E-state index >= 15 is 0 Å². The van der Waals surface area contributed by atoms with E-state index in [1.807, 2.05) is 30.4 Å². The molecule has 1 aliphatic heterocycles. The van der Waals surface area contributed by atoms with Crippen LogP contribution in [0, 0.1) is 0 Å². The summed E-state index contributed by atoms with van der Waals surface area (Å²) >= 11 is 0. The lowest BCUT2D eigenvalue weighted by atomic mass is 10.5. The van der Waals surface area contributed by atoms with E-state index in [4.69, 9.17) is 0 Å². The molecule has 0 aliphatic carbocycles. The van der Waals surface area contributed by atoms with Crippen molar-refractivity contribution >= 4 is 6.21 Å². The molecule has 0 N–H and O–H groups in total. The van der Waals surface area contributed by atoms with Crippen LogP contribution in [0.4, 0.5) is 0 Å². The van der Waals surface area contributed by atoms with Crippen molar-refractivity contribution in [2.24, 2.45) is 4.99 Å². The maximum atomic E-state index is 3.85. The van der Waals surface area contributed by atoms with Gasteiger partial charge in [0.1, 0.15) is 0 Å². The second-order valence-corrected chi connectivity index (χ2v) is 1.97. The Morgan fingerprint density at radius 1 is 1.00 bits per heavy atom. The van der Waals surface area contributed by atoms with E-state index in [2.05, 4.69) is 9.98 Å². The number of allylic oxidation sites excluding steroid dienone is 1. The summed E-state index contributed by atoms with van der Waals surface area (Å²) < 4.78 is 0. The van der Waals surface area contributed by atoms with Gasteiger partial charge in [0.25, 0.3) is 0 Å². The number of aromatic nitrogens is 1. The van der Waals surface area contributed by atoms with Gasteiger partial charge in [-0.1, -0.05) is 12.1 Å². The maximum absolute atomic E-state index is 3.85. The molecule has 56 valence electrons. The Kier molecular flexibility index (Phi) is 3.73. The van der Waals surface area contributed by atoms with E-state index in [9.17, 15) is 0 Å². The van der Waals surface area contributed by atoms with Crippen molar-refractivity contribution in [3.05, 3.63) is 42.7 Å². The Hall–Kier alpha value is -1.44. The summed E-state index contributed by atoms with van der Waals surface area (Å²) in [7, 11) is 0. The highest BCUT2D eigenvalue weighted by molar-refractivity contribution is 5.73. The first-order valence-corrected chi connectivity index (χ1v) is 3.50. The highest BCUT2D eigenvalue weighted by atomic mass is 14.7. The predicted molar refractivity (Wildman–Crippen MR) is 46.7 cm³/mol. The van der Waals surface area contributed by atoms with Gasteiger partial charge in [-0.15, -0.1) is 0 Å². The Balaban J connectivity index is 0.000000112. The molecule has 0 radical (unpaired) electrons. The van der Waals surface area contributed by atoms with E-state index in [-0.39, 0.29) is 0 Å². The molecule has 1 aliphatic rings. The Morgan fingerprint density at radius 3 is 2.00 bits per heavy atom. The standard InChI is InChI=1S/C5H5N.C4H5N/c1-2-4-6-5-3-1;1-2-4-5-3-1/h1-5H;1-3H,4H2. The van der Waals surface area contributed by atoms with Gasteiger partial charge in [0.05, 0.1) is 6.54 Å². The van der Waals surface area contributed by atoms with Crippen LogP contribution in [0.5, 0.6) is 0 Å². The van der Waals surface area contributed by atoms with Crippen molar-refractivity contribution < 1.29 is 0 Å². The van der Waals surface area contributed by atoms with Gasteiger partial charge < -0.3 is 0 Å². The van der Waals surface area contributed by atoms with E-state index in [0.717, 1.165) is 6.54 Å². The highest BCUT2D eigenvalue weighted by Gasteiger charge is 1.72. The number of hydrogen-bond donors (Lipinski definition) is 0. The molecule has 0 fully saturated rings. The summed E-state index contributed by atoms with van der Waals surface area (Å²) in [6, 6.07) is 5.72. The fraction of sp³-hybridized carbons (Fsp3) is 0.111. The van der Waals surface area contributed by atoms with E-state index < -0.39 is 0 Å². The Labute approximate surface area is 66.3 Å². The van der Waals surface area contributed by atoms with Crippen LogP contribution in [0.2, 0.25) is 0 Å². The lowest BCUT2D eigenvalue weighted by Gasteiger charge is -1.70. The molecule has 1 aromatic rings. The Bertz CT molecular complexity index is 190. The molecule has 0 saturated heterocycles. The summed E-state index contributed by atoms with van der Waals surface area (Å²) in [6.45, 7) is 0.889. The lowest BCUT2D eigenvalue weighted by Crippen LogP contribution is -1.58. The molecular formula is C9H10N2. The Morgan fingerprint density at radius 2 is 1.82 bits per heavy atom. The van der Waals surface area contributed by atoms with Crippen LogP contribution in [0.25, 0.3) is 0 Å². The zero-order valence-electron chi connectivity index (χ0n) is 6.22. The highest BCUT2D eigenvalue weighted by Crippen LogP contribution is 1.78. The summed E-state index contributed by atoms with van der Waals surface area (Å²) in [5.74, 6) is 0. The molecular weight excluding hydrogens is 136 g/mol. The zero-order chi connectivity index (χ0) is 7.78. The molecule has 0 unspecified atom stereocenters. The van der Waals surface area contributed by atoms with Crippen LogP contribution in [0.1, 0.15) is 0 Å². The molecule has 0 aromatic carbocycles. The van der Waals surface area contributed by atoms with Crippen LogP contribution < -0.4 is 0 Å². The third-order valence-electron chi connectivity index (χ3n) is 1.10. The SMILES string of the molecule is C1=CCN=C1.c1ccncc1. The average molecular weight is 146 g/mol. The first kappa shape index (κ1) is 7.66. The largest absolute Gasteiger partial charge is 0.289 e. The first-order chi connectivity index (χ1) is 5.50. The normalized spacial score (nSPS) is 12.4. The second kappa shape index (κ2) is 5.35. The van der Waals surface area contributed by atoms with Crippen molar-refractivity contribution in [2.75, 3.05) is 6.54 Å². The monoisotopic (exact) mass is 146 g/mol. The van der Waals surface area contributed by atoms with Crippen LogP contribution in [-0.4, -0.2) is 17.7 Å². The number of nitrogens with zero attached hydrogens (tertiary/aromatic N) is 2. The van der Waals surface area contributed by atoms with Crippen LogP contribution >= 0.6 is 0 Å². The zero-order valence-corrected chi connectivity index (χ0v) is 6.22. The van der Waals surface area contributed by atoms with Gasteiger partial charge in [-0.25, -0.2) is 0 Å². The summed E-state index contributed by atoms with van der Waals surface area (Å²) in [5, 5.41) is 0. The molecule has 1 aromatic heterocycles. The summed E-state index contributed by atoms with van der Waals surface area (Å²) in [6.07, 6.45) is 9.26. The van der Waals surface area contributed by atoms with Crippen molar-refractivity contribution in [1.82, 2.24) is 4.98 Å². The topological polar surface area (TPSA) is 25.2 Å². The molecule has 0 amide bonds. The summed E-state index contributed by atoms with van der Waals surface area (Å²) in [5.41, 5.74) is 0. The number of aliphatic imine (C=N–C) groups is 1. The average Bonchev–Trinajstić information content (AvgIpc) is 2.64. The van der Waals surface area contributed by atoms with Gasteiger partial charge in [0, 0.05) is 18.6 Å². The quantitative estimate of drug-likeness (QED) is 0.547. The predicted octanol–water partition coefficient (Wildman–Crippen LogP) is 1.71. The fourth-order valence-electron chi connectivity index (χ4n) is 0.617. The third kappa shape index (κ3) is 4.03. The molecule has 2 heteroatoms. The van der Waals surface area contributed by atoms with Gasteiger partial charge in [0.2, 0.25) is 0 Å². The third-order valence-corrected chi connectivity index (χ3v) is 1.10. The van der Waals surface area contributed by atoms with E-state index in [1.165, 1.54) is 0 Å². The minimum absolute atomic E-state index is 0.889. The minimum atomic E-state index is 0.889. The van der Waals surface area contributed by atoms with Gasteiger partial charge in [0.15, 0.2) is 0 Å². The molecule has 0 spiro atoms. The van der Waals surface area contributed by atoms with Crippen LogP contribution in [-0.2, 0) is 0 Å². The van der Waals surface area contributed by atoms with Crippen molar-refractivity contribution in [3.63, 3.8) is 0 Å². The van der Waals surface area contributed by atoms with Gasteiger partial charge in [-0.3, -0.25) is 9.98 Å². The molecule has 0 saturated carbocycles. The van der Waals surface area contributed by atoms with Crippen molar-refractivity contribution in [2.45, 2.75) is 0 Å². The molecule has 11 heavy (non-hydrogen) atoms. The minimum Gasteiger partial charge on any atom is -0.289 e. The van der Waals surface area contributed by atoms with Gasteiger partial charge >= 0.3 is 0 Å². The second-order valence-electron chi connectivity index (χ2n) is 1.97. The van der Waals surface area contributed by atoms with Crippen LogP contribution in [0.3, 0.4) is 0 Å². The van der Waals surface area contributed by atoms with E-state index in [0.29, 0.717) is 0 Å². The smallest absolute Gasteiger partial charge is 0.0573 e. The number of pyridine rings is 1. The molecule has 2 rings (SSSR count). The van der Waals surface area contributed by atoms with Gasteiger partial charge in [-0.2, -0.15) is 0 Å².